The highest BCUT2D eigenvalue weighted by Gasteiger charge is 2.55. The van der Waals surface area contributed by atoms with Gasteiger partial charge < -0.3 is 10.5 Å². The van der Waals surface area contributed by atoms with Crippen molar-refractivity contribution in [2.75, 3.05) is 12.8 Å². The molecule has 2 aliphatic rings. The predicted octanol–water partition coefficient (Wildman–Crippen LogP) is 2.31. The van der Waals surface area contributed by atoms with Gasteiger partial charge in [0.25, 0.3) is 6.43 Å². The Bertz CT molecular complexity index is 530. The molecule has 2 fully saturated rings. The van der Waals surface area contributed by atoms with E-state index in [9.17, 15) is 13.6 Å². The summed E-state index contributed by atoms with van der Waals surface area (Å²) in [6.07, 6.45) is 2.23. The van der Waals surface area contributed by atoms with Crippen molar-refractivity contribution >= 4 is 11.7 Å². The second-order valence-corrected chi connectivity index (χ2v) is 5.94. The van der Waals surface area contributed by atoms with E-state index in [1.807, 2.05) is 0 Å². The van der Waals surface area contributed by atoms with E-state index in [1.165, 1.54) is 13.3 Å². The van der Waals surface area contributed by atoms with Crippen LogP contribution in [0.4, 0.5) is 14.5 Å². The normalized spacial score (nSPS) is 32.0. The fourth-order valence-electron chi connectivity index (χ4n) is 3.56. The third kappa shape index (κ3) is 1.96. The molecule has 0 amide bonds. The van der Waals surface area contributed by atoms with Gasteiger partial charge in [0.1, 0.15) is 0 Å². The number of esters is 1. The van der Waals surface area contributed by atoms with Gasteiger partial charge in [-0.2, -0.15) is 5.10 Å². The molecule has 110 valence electrons. The Balaban J connectivity index is 1.59. The smallest absolute Gasteiger partial charge is 0.308 e. The molecule has 1 heterocycles. The first-order chi connectivity index (χ1) is 9.44. The van der Waals surface area contributed by atoms with Gasteiger partial charge in [-0.1, -0.05) is 0 Å². The van der Waals surface area contributed by atoms with E-state index in [0.29, 0.717) is 0 Å². The number of nitrogen functional groups attached to an aromatic ring is 1. The molecule has 1 aromatic heterocycles. The molecule has 0 unspecified atom stereocenters. The highest BCUT2D eigenvalue weighted by molar-refractivity contribution is 5.73. The Morgan fingerprint density at radius 1 is 1.50 bits per heavy atom. The number of methoxy groups -OCH3 is 1. The molecule has 0 aliphatic heterocycles. The first kappa shape index (κ1) is 13.3. The SMILES string of the molecule is COC(=O)C1CC2(C1)CC(n1cc(N)c(C(F)F)n1)C2. The summed E-state index contributed by atoms with van der Waals surface area (Å²) >= 11 is 0. The lowest BCUT2D eigenvalue weighted by atomic mass is 9.50. The van der Waals surface area contributed by atoms with E-state index < -0.39 is 6.43 Å². The summed E-state index contributed by atoms with van der Waals surface area (Å²) in [6, 6.07) is 0.114. The Labute approximate surface area is 115 Å². The van der Waals surface area contributed by atoms with E-state index >= 15 is 0 Å². The Morgan fingerprint density at radius 3 is 2.65 bits per heavy atom. The minimum atomic E-state index is -2.64. The zero-order valence-corrected chi connectivity index (χ0v) is 11.2. The van der Waals surface area contributed by atoms with Crippen molar-refractivity contribution in [1.29, 1.82) is 0 Å². The number of nitrogens with two attached hydrogens (primary N) is 1. The summed E-state index contributed by atoms with van der Waals surface area (Å²) in [4.78, 5) is 11.4. The number of rotatable bonds is 3. The van der Waals surface area contributed by atoms with Crippen LogP contribution in [0.15, 0.2) is 6.20 Å². The van der Waals surface area contributed by atoms with Crippen LogP contribution < -0.4 is 5.73 Å². The molecule has 0 saturated heterocycles. The Morgan fingerprint density at radius 2 is 2.15 bits per heavy atom. The lowest BCUT2D eigenvalue weighted by molar-refractivity contribution is -0.161. The van der Waals surface area contributed by atoms with Crippen LogP contribution >= 0.6 is 0 Å². The molecule has 7 heteroatoms. The molecule has 0 atom stereocenters. The maximum Gasteiger partial charge on any atom is 0.308 e. The van der Waals surface area contributed by atoms with Gasteiger partial charge in [-0.3, -0.25) is 9.48 Å². The molecule has 0 aromatic carbocycles. The van der Waals surface area contributed by atoms with E-state index in [1.54, 1.807) is 4.68 Å². The Hall–Kier alpha value is -1.66. The molecule has 2 N–H and O–H groups in total. The number of aromatic nitrogens is 2. The fourth-order valence-corrected chi connectivity index (χ4v) is 3.56. The van der Waals surface area contributed by atoms with Crippen LogP contribution in [-0.2, 0) is 9.53 Å². The summed E-state index contributed by atoms with van der Waals surface area (Å²) in [5.41, 5.74) is 5.41. The van der Waals surface area contributed by atoms with Crippen LogP contribution in [0, 0.1) is 11.3 Å². The summed E-state index contributed by atoms with van der Waals surface area (Å²) in [7, 11) is 1.40. The van der Waals surface area contributed by atoms with Gasteiger partial charge in [-0.05, 0) is 31.1 Å². The number of carbonyl (C=O) groups is 1. The largest absolute Gasteiger partial charge is 0.469 e. The number of hydrogen-bond acceptors (Lipinski definition) is 4. The highest BCUT2D eigenvalue weighted by atomic mass is 19.3. The van der Waals surface area contributed by atoms with Gasteiger partial charge in [0.15, 0.2) is 5.69 Å². The van der Waals surface area contributed by atoms with Gasteiger partial charge in [-0.15, -0.1) is 0 Å². The monoisotopic (exact) mass is 285 g/mol. The summed E-state index contributed by atoms with van der Waals surface area (Å²) < 4.78 is 31.5. The van der Waals surface area contributed by atoms with Crippen LogP contribution in [0.5, 0.6) is 0 Å². The number of anilines is 1. The number of ether oxygens (including phenoxy) is 1. The van der Waals surface area contributed by atoms with Gasteiger partial charge >= 0.3 is 5.97 Å². The number of hydrogen-bond donors (Lipinski definition) is 1. The summed E-state index contributed by atoms with van der Waals surface area (Å²) in [6.45, 7) is 0. The fraction of sp³-hybridized carbons (Fsp3) is 0.692. The molecule has 2 saturated carbocycles. The van der Waals surface area contributed by atoms with Crippen molar-refractivity contribution in [3.05, 3.63) is 11.9 Å². The second kappa shape index (κ2) is 4.43. The molecule has 20 heavy (non-hydrogen) atoms. The number of halogens is 2. The number of alkyl halides is 2. The molecule has 0 bridgehead atoms. The van der Waals surface area contributed by atoms with Crippen LogP contribution in [0.25, 0.3) is 0 Å². The zero-order chi connectivity index (χ0) is 14.5. The minimum absolute atomic E-state index is 0.000246. The molecule has 1 aromatic rings. The molecule has 0 radical (unpaired) electrons. The average molecular weight is 285 g/mol. The van der Waals surface area contributed by atoms with Crippen molar-refractivity contribution in [3.63, 3.8) is 0 Å². The standard InChI is InChI=1S/C13H17F2N3O2/c1-20-12(19)7-2-13(3-7)4-8(5-13)18-6-9(16)10(17-18)11(14)15/h6-8,11H,2-5,16H2,1H3. The Kier molecular flexibility index (Phi) is 2.95. The number of carbonyl (C=O) groups excluding carboxylic acids is 1. The number of nitrogens with zero attached hydrogens (tertiary/aromatic N) is 2. The van der Waals surface area contributed by atoms with E-state index in [2.05, 4.69) is 5.10 Å². The average Bonchev–Trinajstić information content (AvgIpc) is 2.67. The van der Waals surface area contributed by atoms with Gasteiger partial charge in [0, 0.05) is 6.20 Å². The first-order valence-corrected chi connectivity index (χ1v) is 6.64. The van der Waals surface area contributed by atoms with Crippen molar-refractivity contribution in [2.24, 2.45) is 11.3 Å². The van der Waals surface area contributed by atoms with E-state index in [-0.39, 0.29) is 34.7 Å². The minimum Gasteiger partial charge on any atom is -0.469 e. The van der Waals surface area contributed by atoms with Gasteiger partial charge in [0.05, 0.1) is 24.8 Å². The van der Waals surface area contributed by atoms with Crippen LogP contribution in [0.3, 0.4) is 0 Å². The van der Waals surface area contributed by atoms with Crippen LogP contribution in [-0.4, -0.2) is 22.9 Å². The quantitative estimate of drug-likeness (QED) is 0.865. The summed E-state index contributed by atoms with van der Waals surface area (Å²) in [5, 5.41) is 3.88. The lowest BCUT2D eigenvalue weighted by Gasteiger charge is -2.56. The maximum absolute atomic E-state index is 12.6. The van der Waals surface area contributed by atoms with Crippen molar-refractivity contribution in [1.82, 2.24) is 9.78 Å². The van der Waals surface area contributed by atoms with E-state index in [0.717, 1.165) is 25.7 Å². The maximum atomic E-state index is 12.6. The van der Waals surface area contributed by atoms with Crippen LogP contribution in [0.2, 0.25) is 0 Å². The molecular formula is C13H17F2N3O2. The predicted molar refractivity (Wildman–Crippen MR) is 67.0 cm³/mol. The topological polar surface area (TPSA) is 70.1 Å². The lowest BCUT2D eigenvalue weighted by Crippen LogP contribution is -2.50. The highest BCUT2D eigenvalue weighted by Crippen LogP contribution is 2.62. The third-order valence-electron chi connectivity index (χ3n) is 4.60. The van der Waals surface area contributed by atoms with Gasteiger partial charge in [-0.25, -0.2) is 8.78 Å². The second-order valence-electron chi connectivity index (χ2n) is 5.94. The first-order valence-electron chi connectivity index (χ1n) is 6.64. The third-order valence-corrected chi connectivity index (χ3v) is 4.60. The van der Waals surface area contributed by atoms with Crippen molar-refractivity contribution in [3.8, 4) is 0 Å². The molecule has 1 spiro atoms. The van der Waals surface area contributed by atoms with E-state index in [4.69, 9.17) is 10.5 Å². The van der Waals surface area contributed by atoms with Gasteiger partial charge in [0.2, 0.25) is 0 Å². The van der Waals surface area contributed by atoms with Crippen molar-refractivity contribution < 1.29 is 18.3 Å². The van der Waals surface area contributed by atoms with Crippen molar-refractivity contribution in [2.45, 2.75) is 38.2 Å². The molecule has 2 aliphatic carbocycles. The van der Waals surface area contributed by atoms with Crippen LogP contribution in [0.1, 0.15) is 43.8 Å². The molecular weight excluding hydrogens is 268 g/mol. The molecule has 5 nitrogen and oxygen atoms in total. The summed E-state index contributed by atoms with van der Waals surface area (Å²) in [5.74, 6) is -0.150. The molecule has 3 rings (SSSR count). The zero-order valence-electron chi connectivity index (χ0n) is 11.2.